The van der Waals surface area contributed by atoms with Gasteiger partial charge in [-0.3, -0.25) is 10.1 Å². The van der Waals surface area contributed by atoms with Crippen molar-refractivity contribution < 1.29 is 9.31 Å². The molecule has 98 valence electrons. The molecule has 0 unspecified atom stereocenters. The van der Waals surface area contributed by atoms with Gasteiger partial charge in [0.1, 0.15) is 5.82 Å². The number of rotatable bonds is 2. The van der Waals surface area contributed by atoms with E-state index < -0.39 is 10.7 Å². The molecule has 0 fully saturated rings. The van der Waals surface area contributed by atoms with Crippen molar-refractivity contribution in [2.24, 2.45) is 0 Å². The van der Waals surface area contributed by atoms with Gasteiger partial charge >= 0.3 is 0 Å². The van der Waals surface area contributed by atoms with E-state index >= 15 is 0 Å². The first-order valence-corrected chi connectivity index (χ1v) is 5.62. The lowest BCUT2D eigenvalue weighted by atomic mass is 10.2. The number of benzene rings is 2. The Morgan fingerprint density at radius 3 is 2.26 bits per heavy atom. The lowest BCUT2D eigenvalue weighted by Crippen LogP contribution is -1.91. The van der Waals surface area contributed by atoms with Gasteiger partial charge in [0.05, 0.1) is 11.0 Å². The Morgan fingerprint density at radius 1 is 1.21 bits per heavy atom. The van der Waals surface area contributed by atoms with Crippen LogP contribution in [0.1, 0.15) is 11.1 Å². The van der Waals surface area contributed by atoms with Crippen LogP contribution in [0.4, 0.5) is 10.1 Å². The smallest absolute Gasteiger partial charge is 0.258 e. The first-order chi connectivity index (χ1) is 9.04. The van der Waals surface area contributed by atoms with Crippen LogP contribution in [0.25, 0.3) is 6.08 Å². The third-order valence-corrected chi connectivity index (χ3v) is 2.40. The highest BCUT2D eigenvalue weighted by Crippen LogP contribution is 2.17. The Morgan fingerprint density at radius 2 is 1.84 bits per heavy atom. The predicted octanol–water partition coefficient (Wildman–Crippen LogP) is 4.37. The molecule has 4 heteroatoms. The molecule has 0 saturated heterocycles. The second-order valence-electron chi connectivity index (χ2n) is 3.80. The number of nitrogens with zero attached hydrogens (tertiary/aromatic N) is 1. The summed E-state index contributed by atoms with van der Waals surface area (Å²) < 4.78 is 12.4. The molecule has 0 atom stereocenters. The predicted molar refractivity (Wildman–Crippen MR) is 74.3 cm³/mol. The van der Waals surface area contributed by atoms with E-state index in [0.29, 0.717) is 5.56 Å². The number of halogens is 1. The molecule has 0 amide bonds. The fraction of sp³-hybridized carbons (Fsp3) is 0.0667. The normalized spacial score (nSPS) is 9.16. The molecule has 0 aliphatic rings. The first-order valence-electron chi connectivity index (χ1n) is 5.62. The van der Waals surface area contributed by atoms with Crippen molar-refractivity contribution in [3.8, 4) is 0 Å². The largest absolute Gasteiger partial charge is 0.275 e. The van der Waals surface area contributed by atoms with Gasteiger partial charge < -0.3 is 0 Å². The zero-order valence-electron chi connectivity index (χ0n) is 10.5. The minimum Gasteiger partial charge on any atom is -0.258 e. The van der Waals surface area contributed by atoms with Crippen molar-refractivity contribution >= 4 is 11.8 Å². The van der Waals surface area contributed by atoms with Gasteiger partial charge in [-0.1, -0.05) is 43.0 Å². The molecule has 0 aromatic heterocycles. The highest BCUT2D eigenvalue weighted by molar-refractivity contribution is 5.45. The maximum Gasteiger partial charge on any atom is 0.275 e. The molecule has 0 heterocycles. The summed E-state index contributed by atoms with van der Waals surface area (Å²) >= 11 is 0. The molecular formula is C15H14FNO2. The number of aryl methyl sites for hydroxylation is 1. The quantitative estimate of drug-likeness (QED) is 0.593. The van der Waals surface area contributed by atoms with E-state index in [9.17, 15) is 14.5 Å². The first kappa shape index (κ1) is 14.6. The molecular weight excluding hydrogens is 245 g/mol. The van der Waals surface area contributed by atoms with E-state index in [1.54, 1.807) is 6.92 Å². The fourth-order valence-corrected chi connectivity index (χ4v) is 1.37. The van der Waals surface area contributed by atoms with Crippen molar-refractivity contribution in [3.05, 3.63) is 82.2 Å². The van der Waals surface area contributed by atoms with E-state index in [1.165, 1.54) is 17.7 Å². The molecule has 0 N–H and O–H groups in total. The van der Waals surface area contributed by atoms with Crippen molar-refractivity contribution in [2.75, 3.05) is 0 Å². The second kappa shape index (κ2) is 7.06. The van der Waals surface area contributed by atoms with Crippen molar-refractivity contribution in [2.45, 2.75) is 6.92 Å². The molecule has 3 nitrogen and oxygen atoms in total. The number of hydrogen-bond donors (Lipinski definition) is 0. The molecule has 2 rings (SSSR count). The molecule has 0 spiro atoms. The molecule has 0 aliphatic carbocycles. The highest BCUT2D eigenvalue weighted by atomic mass is 19.1. The van der Waals surface area contributed by atoms with E-state index in [0.717, 1.165) is 6.07 Å². The maximum absolute atomic E-state index is 12.4. The zero-order valence-corrected chi connectivity index (χ0v) is 10.5. The van der Waals surface area contributed by atoms with Crippen LogP contribution in [-0.4, -0.2) is 4.92 Å². The van der Waals surface area contributed by atoms with Crippen molar-refractivity contribution in [3.63, 3.8) is 0 Å². The SMILES string of the molecule is C=Cc1ccccc1.Cc1ccc(F)cc1[N+](=O)[O-]. The minimum absolute atomic E-state index is 0.176. The van der Waals surface area contributed by atoms with Crippen molar-refractivity contribution in [1.29, 1.82) is 0 Å². The summed E-state index contributed by atoms with van der Waals surface area (Å²) in [5.41, 5.74) is 1.47. The summed E-state index contributed by atoms with van der Waals surface area (Å²) in [5, 5.41) is 10.2. The van der Waals surface area contributed by atoms with Crippen LogP contribution in [0, 0.1) is 22.9 Å². The molecule has 0 saturated carbocycles. The van der Waals surface area contributed by atoms with E-state index in [-0.39, 0.29) is 5.69 Å². The Labute approximate surface area is 111 Å². The third kappa shape index (κ3) is 4.71. The Kier molecular flexibility index (Phi) is 5.41. The molecule has 19 heavy (non-hydrogen) atoms. The van der Waals surface area contributed by atoms with Gasteiger partial charge in [-0.15, -0.1) is 0 Å². The highest BCUT2D eigenvalue weighted by Gasteiger charge is 2.09. The fourth-order valence-electron chi connectivity index (χ4n) is 1.37. The molecule has 0 aliphatic heterocycles. The Hall–Kier alpha value is -2.49. The van der Waals surface area contributed by atoms with Gasteiger partial charge in [-0.05, 0) is 24.6 Å². The second-order valence-corrected chi connectivity index (χ2v) is 3.80. The Balaban J connectivity index is 0.000000200. The molecule has 2 aromatic carbocycles. The summed E-state index contributed by atoms with van der Waals surface area (Å²) in [7, 11) is 0. The maximum atomic E-state index is 12.4. The van der Waals surface area contributed by atoms with Crippen LogP contribution in [0.2, 0.25) is 0 Å². The van der Waals surface area contributed by atoms with E-state index in [1.807, 2.05) is 36.4 Å². The average molecular weight is 259 g/mol. The molecule has 0 radical (unpaired) electrons. The summed E-state index contributed by atoms with van der Waals surface area (Å²) in [6.45, 7) is 5.20. The van der Waals surface area contributed by atoms with Crippen LogP contribution in [0.5, 0.6) is 0 Å². The summed E-state index contributed by atoms with van der Waals surface area (Å²) in [6, 6.07) is 13.5. The average Bonchev–Trinajstić information content (AvgIpc) is 2.43. The molecule has 2 aromatic rings. The van der Waals surface area contributed by atoms with Crippen LogP contribution in [-0.2, 0) is 0 Å². The number of nitro benzene ring substituents is 1. The lowest BCUT2D eigenvalue weighted by molar-refractivity contribution is -0.385. The topological polar surface area (TPSA) is 43.1 Å². The van der Waals surface area contributed by atoms with Gasteiger partial charge in [0, 0.05) is 5.56 Å². The van der Waals surface area contributed by atoms with Gasteiger partial charge in [0.15, 0.2) is 0 Å². The summed E-state index contributed by atoms with van der Waals surface area (Å²) in [6.07, 6.45) is 1.83. The van der Waals surface area contributed by atoms with Crippen LogP contribution < -0.4 is 0 Å². The summed E-state index contributed by atoms with van der Waals surface area (Å²) in [4.78, 5) is 9.61. The van der Waals surface area contributed by atoms with Gasteiger partial charge in [-0.2, -0.15) is 0 Å². The van der Waals surface area contributed by atoms with Gasteiger partial charge in [0.2, 0.25) is 0 Å². The van der Waals surface area contributed by atoms with Gasteiger partial charge in [-0.25, -0.2) is 4.39 Å². The number of nitro groups is 1. The van der Waals surface area contributed by atoms with Crippen LogP contribution in [0.3, 0.4) is 0 Å². The third-order valence-electron chi connectivity index (χ3n) is 2.40. The monoisotopic (exact) mass is 259 g/mol. The van der Waals surface area contributed by atoms with Gasteiger partial charge in [0.25, 0.3) is 5.69 Å². The lowest BCUT2D eigenvalue weighted by Gasteiger charge is -1.94. The van der Waals surface area contributed by atoms with Crippen LogP contribution in [0.15, 0.2) is 55.1 Å². The minimum atomic E-state index is -0.599. The Bertz CT molecular complexity index is 568. The van der Waals surface area contributed by atoms with E-state index in [2.05, 4.69) is 6.58 Å². The molecule has 0 bridgehead atoms. The number of hydrogen-bond acceptors (Lipinski definition) is 2. The van der Waals surface area contributed by atoms with Crippen molar-refractivity contribution in [1.82, 2.24) is 0 Å². The van der Waals surface area contributed by atoms with E-state index in [4.69, 9.17) is 0 Å². The summed E-state index contributed by atoms with van der Waals surface area (Å²) in [5.74, 6) is -0.581. The standard InChI is InChI=1S/C8H8.C7H6FNO2/c1-2-8-6-4-3-5-7-8;1-5-2-3-6(8)4-7(5)9(10)11/h2-7H,1H2;2-4H,1H3. The van der Waals surface area contributed by atoms with Crippen LogP contribution >= 0.6 is 0 Å². The zero-order chi connectivity index (χ0) is 14.3.